The van der Waals surface area contributed by atoms with Gasteiger partial charge >= 0.3 is 41.3 Å². The van der Waals surface area contributed by atoms with Crippen molar-refractivity contribution in [3.63, 3.8) is 0 Å². The van der Waals surface area contributed by atoms with E-state index in [2.05, 4.69) is 5.32 Å². The van der Waals surface area contributed by atoms with Gasteiger partial charge in [-0.25, -0.2) is 0 Å². The Balaban J connectivity index is 0.00000930. The number of Topliss-reactive ketones (excluding diaryl/α,β-unsaturated/α-hetero) is 1. The number of aliphatic hydroxyl groups is 2. The fraction of sp³-hybridized carbons (Fsp3) is 0.535. The van der Waals surface area contributed by atoms with Gasteiger partial charge in [-0.3, -0.25) is 19.2 Å². The molecule has 3 aliphatic rings. The molecule has 2 amide bonds. The zero-order chi connectivity index (χ0) is 43.4. The average molecular weight is 834 g/mol. The minimum Gasteiger partial charge on any atom is -0.507 e. The maximum Gasteiger partial charge on any atom is 1.00 e. The zero-order valence-corrected chi connectivity index (χ0v) is 38.1. The number of allylic oxidation sites excluding steroid dienone is 2. The van der Waals surface area contributed by atoms with Crippen LogP contribution < -0.4 is 44.3 Å². The first-order valence-electron chi connectivity index (χ1n) is 19.5. The summed E-state index contributed by atoms with van der Waals surface area (Å²) in [7, 11) is 1.44. The van der Waals surface area contributed by atoms with Crippen molar-refractivity contribution in [3.05, 3.63) is 53.3 Å². The Morgan fingerprint density at radius 1 is 0.949 bits per heavy atom. The Kier molecular flexibility index (Phi) is 17.1. The summed E-state index contributed by atoms with van der Waals surface area (Å²) in [6, 6.07) is 1.27. The predicted octanol–water partition coefficient (Wildman–Crippen LogP) is 2.30. The number of likely N-dealkylation sites (N-methyl/N-ethyl adjacent to an activating group) is 1. The molecule has 5 bridgehead atoms. The number of hydrogen-bond donors (Lipinski definition) is 5. The van der Waals surface area contributed by atoms with E-state index in [1.54, 1.807) is 44.7 Å². The third kappa shape index (κ3) is 10.3. The number of benzene rings is 2. The summed E-state index contributed by atoms with van der Waals surface area (Å²) in [5.41, 5.74) is -0.00860. The van der Waals surface area contributed by atoms with Gasteiger partial charge in [0.05, 0.1) is 41.2 Å². The topological polar surface area (TPSA) is 211 Å². The van der Waals surface area contributed by atoms with Crippen LogP contribution in [0.15, 0.2) is 42.2 Å². The van der Waals surface area contributed by atoms with E-state index in [1.165, 1.54) is 59.3 Å². The number of carbonyl (C=O) groups excluding carboxylic acids is 4. The molecule has 0 aromatic heterocycles. The van der Waals surface area contributed by atoms with E-state index in [-0.39, 0.29) is 80.1 Å². The van der Waals surface area contributed by atoms with Crippen LogP contribution in [0.1, 0.15) is 78.2 Å². The number of nitrogens with zero attached hydrogens (tertiary/aromatic N) is 1. The summed E-state index contributed by atoms with van der Waals surface area (Å²) in [5.74, 6) is -8.01. The molecule has 9 unspecified atom stereocenters. The monoisotopic (exact) mass is 833 g/mol. The number of amides is 2. The van der Waals surface area contributed by atoms with Crippen LogP contribution in [-0.2, 0) is 28.6 Å². The molecule has 5 N–H and O–H groups in total. The number of methoxy groups -OCH3 is 1. The number of hydrogen-bond acceptors (Lipinski definition) is 13. The number of fused-ring (bicyclic) bond motifs is 14. The molecule has 0 spiro atoms. The number of phenols is 2. The Labute approximate surface area is 367 Å². The third-order valence-electron chi connectivity index (χ3n) is 11.3. The number of phenolic OH excluding ortho intramolecular Hbond substituents is 2. The van der Waals surface area contributed by atoms with Gasteiger partial charge in [-0.05, 0) is 33.8 Å². The largest absolute Gasteiger partial charge is 1.00 e. The molecule has 0 saturated heterocycles. The molecule has 2 aromatic carbocycles. The maximum atomic E-state index is 14.4. The van der Waals surface area contributed by atoms with Crippen LogP contribution in [0.25, 0.3) is 10.8 Å². The number of rotatable bonds is 7. The number of carbonyl (C=O) groups is 4. The van der Waals surface area contributed by atoms with E-state index < -0.39 is 89.6 Å². The Morgan fingerprint density at radius 3 is 2.19 bits per heavy atom. The number of anilines is 1. The van der Waals surface area contributed by atoms with Gasteiger partial charge in [0.1, 0.15) is 23.4 Å². The molecule has 2 aromatic rings. The number of esters is 1. The molecule has 318 valence electrons. The fourth-order valence-electron chi connectivity index (χ4n) is 7.56. The molecule has 59 heavy (non-hydrogen) atoms. The van der Waals surface area contributed by atoms with Crippen LogP contribution in [0.5, 0.6) is 23.0 Å². The van der Waals surface area contributed by atoms with Crippen molar-refractivity contribution in [3.8, 4) is 23.0 Å². The fourth-order valence-corrected chi connectivity index (χ4v) is 7.56. The van der Waals surface area contributed by atoms with Crippen LogP contribution >= 0.6 is 0 Å². The zero-order valence-electron chi connectivity index (χ0n) is 36.1. The summed E-state index contributed by atoms with van der Waals surface area (Å²) >= 11 is 0. The van der Waals surface area contributed by atoms with E-state index >= 15 is 0 Å². The second-order valence-corrected chi connectivity index (χ2v) is 15.3. The molecular formula is C43H58N2NaO13+. The predicted molar refractivity (Wildman–Crippen MR) is 216 cm³/mol. The van der Waals surface area contributed by atoms with Crippen molar-refractivity contribution in [2.45, 2.75) is 99.4 Å². The summed E-state index contributed by atoms with van der Waals surface area (Å²) in [6.45, 7) is 16.5. The molecule has 0 radical (unpaired) electrons. The van der Waals surface area contributed by atoms with Gasteiger partial charge in [0.2, 0.25) is 0 Å². The number of nitrogens with one attached hydrogen (secondary N) is 1. The molecular weight excluding hydrogens is 775 g/mol. The van der Waals surface area contributed by atoms with Gasteiger partial charge in [-0.1, -0.05) is 45.9 Å². The van der Waals surface area contributed by atoms with Crippen molar-refractivity contribution in [2.24, 2.45) is 23.7 Å². The standard InChI is InChI=1S/C43H58N2O13.Na/c1-12-45(13-2)31(47)20-55-30-19-28-38(51)33-32(30)34-40(26(8)37(33)50)58-43(10,41(34)52)56-18-17-29(54-11)23(5)39(57-27(9)46)25(7)36(49)24(6)35(48)21(3)15-14-16-22(4)42(53)44-28;/h14-19,21,23-25,29,35-36,39,48-51H,12-13,20H2,1-11H3,(H,44,53);/q;+1/b15-14+,18-17+,22-16+;. The van der Waals surface area contributed by atoms with E-state index in [4.69, 9.17) is 23.7 Å². The van der Waals surface area contributed by atoms with E-state index in [0.29, 0.717) is 13.1 Å². The SMILES string of the molecule is CCN(CC)C(=O)COc1cc2c(O)c3c(O)c(C)c4c(c13)C(=O)C(C)(O/C=C/C(OC)C(C)C(OC(C)=O)C(C)C(O)C(C)C(O)C(C)/C=C/C=C(\C)C(=O)N2)O4.[Na+]. The summed E-state index contributed by atoms with van der Waals surface area (Å²) in [5, 5.41) is 48.4. The van der Waals surface area contributed by atoms with Crippen molar-refractivity contribution in [1.82, 2.24) is 4.90 Å². The summed E-state index contributed by atoms with van der Waals surface area (Å²) in [6.07, 6.45) is 3.60. The van der Waals surface area contributed by atoms with Crippen molar-refractivity contribution in [1.29, 1.82) is 0 Å². The first-order chi connectivity index (χ1) is 27.2. The van der Waals surface area contributed by atoms with E-state index in [9.17, 15) is 39.6 Å². The van der Waals surface area contributed by atoms with E-state index in [0.717, 1.165) is 0 Å². The quantitative estimate of drug-likeness (QED) is 0.154. The molecule has 0 aliphatic carbocycles. The van der Waals surface area contributed by atoms with Crippen LogP contribution in [0.3, 0.4) is 0 Å². The van der Waals surface area contributed by atoms with Gasteiger partial charge in [-0.2, -0.15) is 0 Å². The molecule has 16 heteroatoms. The number of ketones is 1. The Bertz CT molecular complexity index is 1990. The summed E-state index contributed by atoms with van der Waals surface area (Å²) in [4.78, 5) is 54.9. The molecule has 0 fully saturated rings. The second kappa shape index (κ2) is 20.4. The van der Waals surface area contributed by atoms with Crippen LogP contribution in [0.4, 0.5) is 5.69 Å². The molecule has 0 saturated carbocycles. The van der Waals surface area contributed by atoms with Crippen molar-refractivity contribution in [2.75, 3.05) is 32.1 Å². The minimum absolute atomic E-state index is 0. The first kappa shape index (κ1) is 49.2. The van der Waals surface area contributed by atoms with Gasteiger partial charge in [0, 0.05) is 80.3 Å². The van der Waals surface area contributed by atoms with Crippen LogP contribution in [0.2, 0.25) is 0 Å². The average Bonchev–Trinajstić information content (AvgIpc) is 3.45. The van der Waals surface area contributed by atoms with Crippen molar-refractivity contribution < 1.29 is 92.8 Å². The van der Waals surface area contributed by atoms with Gasteiger partial charge < -0.3 is 54.3 Å². The van der Waals surface area contributed by atoms with Crippen molar-refractivity contribution >= 4 is 40.0 Å². The van der Waals surface area contributed by atoms with Gasteiger partial charge in [-0.15, -0.1) is 0 Å². The van der Waals surface area contributed by atoms with Gasteiger partial charge in [0.25, 0.3) is 17.6 Å². The third-order valence-corrected chi connectivity index (χ3v) is 11.3. The smallest absolute Gasteiger partial charge is 0.507 e. The number of aromatic hydroxyl groups is 2. The van der Waals surface area contributed by atoms with E-state index in [1.807, 2.05) is 13.8 Å². The maximum absolute atomic E-state index is 14.4. The first-order valence-corrected chi connectivity index (χ1v) is 19.5. The van der Waals surface area contributed by atoms with Crippen LogP contribution in [0, 0.1) is 30.6 Å². The number of ether oxygens (including phenoxy) is 5. The molecule has 15 nitrogen and oxygen atoms in total. The number of aliphatic hydroxyl groups excluding tert-OH is 2. The minimum atomic E-state index is -2.02. The summed E-state index contributed by atoms with van der Waals surface area (Å²) < 4.78 is 29.7. The molecule has 3 heterocycles. The normalized spacial score (nSPS) is 29.6. The molecule has 9 atom stereocenters. The molecule has 3 aliphatic heterocycles. The Morgan fingerprint density at radius 2 is 1.59 bits per heavy atom. The Hall–Kier alpha value is -4.12. The van der Waals surface area contributed by atoms with Crippen LogP contribution in [-0.4, -0.2) is 106 Å². The van der Waals surface area contributed by atoms with Gasteiger partial charge in [0.15, 0.2) is 12.4 Å². The molecule has 5 rings (SSSR count). The second-order valence-electron chi connectivity index (χ2n) is 15.3.